The molecule has 2 amide bonds. The molecule has 4 rings (SSSR count). The SMILES string of the molecule is CCOc1ccc(NC(C)=O)cc1NC(=O)c1ccc(-c2cc(C(F)(F)F)nn2-c2ccccc2Cl)cc1. The lowest BCUT2D eigenvalue weighted by molar-refractivity contribution is -0.141. The Balaban J connectivity index is 1.65. The smallest absolute Gasteiger partial charge is 0.435 e. The van der Waals surface area contributed by atoms with Gasteiger partial charge >= 0.3 is 6.18 Å². The van der Waals surface area contributed by atoms with E-state index in [0.717, 1.165) is 10.7 Å². The molecular formula is C27H22ClF3N4O3. The lowest BCUT2D eigenvalue weighted by Crippen LogP contribution is -2.14. The summed E-state index contributed by atoms with van der Waals surface area (Å²) in [7, 11) is 0. The zero-order chi connectivity index (χ0) is 27.4. The minimum atomic E-state index is -4.66. The first-order chi connectivity index (χ1) is 18.1. The second-order valence-electron chi connectivity index (χ2n) is 8.13. The van der Waals surface area contributed by atoms with E-state index >= 15 is 0 Å². The van der Waals surface area contributed by atoms with Crippen LogP contribution >= 0.6 is 11.6 Å². The molecule has 4 aromatic rings. The summed E-state index contributed by atoms with van der Waals surface area (Å²) in [5.41, 5.74) is 0.826. The Bertz CT molecular complexity index is 1480. The van der Waals surface area contributed by atoms with E-state index in [1.54, 1.807) is 49.4 Å². The molecule has 0 aliphatic heterocycles. The Kier molecular flexibility index (Phi) is 7.72. The van der Waals surface area contributed by atoms with Gasteiger partial charge in [-0.05, 0) is 55.5 Å². The van der Waals surface area contributed by atoms with Crippen LogP contribution in [0.25, 0.3) is 16.9 Å². The summed E-state index contributed by atoms with van der Waals surface area (Å²) in [6, 6.07) is 18.2. The van der Waals surface area contributed by atoms with Crippen LogP contribution in [0.1, 0.15) is 29.9 Å². The van der Waals surface area contributed by atoms with Crippen molar-refractivity contribution >= 4 is 34.8 Å². The number of aromatic nitrogens is 2. The monoisotopic (exact) mass is 542 g/mol. The number of alkyl halides is 3. The highest BCUT2D eigenvalue weighted by molar-refractivity contribution is 6.32. The van der Waals surface area contributed by atoms with Crippen molar-refractivity contribution in [1.82, 2.24) is 9.78 Å². The second-order valence-corrected chi connectivity index (χ2v) is 8.54. The predicted molar refractivity (Wildman–Crippen MR) is 139 cm³/mol. The summed E-state index contributed by atoms with van der Waals surface area (Å²) in [6.45, 7) is 3.52. The van der Waals surface area contributed by atoms with E-state index < -0.39 is 17.8 Å². The van der Waals surface area contributed by atoms with Crippen molar-refractivity contribution in [3.63, 3.8) is 0 Å². The summed E-state index contributed by atoms with van der Waals surface area (Å²) < 4.78 is 47.1. The van der Waals surface area contributed by atoms with Gasteiger partial charge in [-0.25, -0.2) is 4.68 Å². The number of nitrogens with one attached hydrogen (secondary N) is 2. The zero-order valence-corrected chi connectivity index (χ0v) is 21.0. The van der Waals surface area contributed by atoms with E-state index in [2.05, 4.69) is 15.7 Å². The molecule has 0 aliphatic rings. The van der Waals surface area contributed by atoms with E-state index in [1.807, 2.05) is 0 Å². The van der Waals surface area contributed by atoms with Crippen LogP contribution in [-0.4, -0.2) is 28.2 Å². The van der Waals surface area contributed by atoms with Crippen molar-refractivity contribution in [2.75, 3.05) is 17.2 Å². The van der Waals surface area contributed by atoms with E-state index in [1.165, 1.54) is 31.2 Å². The molecule has 1 heterocycles. The Hall–Kier alpha value is -4.31. The molecule has 38 heavy (non-hydrogen) atoms. The number of para-hydroxylation sites is 1. The molecule has 1 aromatic heterocycles. The highest BCUT2D eigenvalue weighted by atomic mass is 35.5. The first-order valence-corrected chi connectivity index (χ1v) is 11.8. The number of benzene rings is 3. The number of ether oxygens (including phenoxy) is 1. The average Bonchev–Trinajstić information content (AvgIpc) is 3.32. The summed E-state index contributed by atoms with van der Waals surface area (Å²) >= 11 is 6.23. The largest absolute Gasteiger partial charge is 0.492 e. The molecule has 0 aliphatic carbocycles. The number of rotatable bonds is 7. The second kappa shape index (κ2) is 11.0. The van der Waals surface area contributed by atoms with Crippen molar-refractivity contribution in [2.24, 2.45) is 0 Å². The standard InChI is InChI=1S/C27H22ClF3N4O3/c1-3-38-24-13-12-19(32-16(2)36)14-21(24)33-26(37)18-10-8-17(9-11-18)23-15-25(27(29,30)31)34-35(23)22-7-5-4-6-20(22)28/h4-15H,3H2,1-2H3,(H,32,36)(H,33,37). The third-order valence-corrected chi connectivity index (χ3v) is 5.69. The van der Waals surface area contributed by atoms with Crippen LogP contribution in [-0.2, 0) is 11.0 Å². The fourth-order valence-corrected chi connectivity index (χ4v) is 3.93. The lowest BCUT2D eigenvalue weighted by atomic mass is 10.1. The maximum absolute atomic E-state index is 13.5. The average molecular weight is 543 g/mol. The number of nitrogens with zero attached hydrogens (tertiary/aromatic N) is 2. The highest BCUT2D eigenvalue weighted by Crippen LogP contribution is 2.35. The normalized spacial score (nSPS) is 11.2. The summed E-state index contributed by atoms with van der Waals surface area (Å²) in [4.78, 5) is 24.4. The van der Waals surface area contributed by atoms with Crippen molar-refractivity contribution in [2.45, 2.75) is 20.0 Å². The van der Waals surface area contributed by atoms with Gasteiger partial charge in [0.2, 0.25) is 5.91 Å². The molecule has 0 fully saturated rings. The zero-order valence-electron chi connectivity index (χ0n) is 20.3. The molecule has 0 radical (unpaired) electrons. The van der Waals surface area contributed by atoms with Crippen LogP contribution in [0.3, 0.4) is 0 Å². The van der Waals surface area contributed by atoms with E-state index in [-0.39, 0.29) is 27.9 Å². The fourth-order valence-electron chi connectivity index (χ4n) is 3.71. The Morgan fingerprint density at radius 1 is 1.00 bits per heavy atom. The predicted octanol–water partition coefficient (Wildman–Crippen LogP) is 6.82. The molecule has 0 unspecified atom stereocenters. The number of carbonyl (C=O) groups excluding carboxylic acids is 2. The summed E-state index contributed by atoms with van der Waals surface area (Å²) in [5.74, 6) is -0.338. The maximum atomic E-state index is 13.5. The van der Waals surface area contributed by atoms with Gasteiger partial charge in [-0.3, -0.25) is 9.59 Å². The van der Waals surface area contributed by atoms with Crippen LogP contribution in [0.5, 0.6) is 5.75 Å². The van der Waals surface area contributed by atoms with Gasteiger partial charge in [0, 0.05) is 23.7 Å². The van der Waals surface area contributed by atoms with Gasteiger partial charge < -0.3 is 15.4 Å². The molecule has 7 nitrogen and oxygen atoms in total. The van der Waals surface area contributed by atoms with Crippen molar-refractivity contribution in [3.8, 4) is 22.7 Å². The van der Waals surface area contributed by atoms with Crippen molar-refractivity contribution in [1.29, 1.82) is 0 Å². The van der Waals surface area contributed by atoms with E-state index in [0.29, 0.717) is 29.3 Å². The first-order valence-electron chi connectivity index (χ1n) is 11.4. The van der Waals surface area contributed by atoms with Gasteiger partial charge in [-0.15, -0.1) is 0 Å². The van der Waals surface area contributed by atoms with Gasteiger partial charge in [0.1, 0.15) is 5.75 Å². The van der Waals surface area contributed by atoms with Crippen LogP contribution in [0.2, 0.25) is 5.02 Å². The van der Waals surface area contributed by atoms with Crippen molar-refractivity contribution in [3.05, 3.63) is 89.1 Å². The molecule has 0 spiro atoms. The van der Waals surface area contributed by atoms with Gasteiger partial charge in [-0.2, -0.15) is 18.3 Å². The molecule has 11 heteroatoms. The first kappa shape index (κ1) is 26.7. The van der Waals surface area contributed by atoms with Crippen LogP contribution < -0.4 is 15.4 Å². The number of amides is 2. The lowest BCUT2D eigenvalue weighted by Gasteiger charge is -2.14. The van der Waals surface area contributed by atoms with Gasteiger partial charge in [0.25, 0.3) is 5.91 Å². The number of anilines is 2. The van der Waals surface area contributed by atoms with Crippen LogP contribution in [0.4, 0.5) is 24.5 Å². The minimum Gasteiger partial charge on any atom is -0.492 e. The third kappa shape index (κ3) is 5.97. The molecular weight excluding hydrogens is 521 g/mol. The Labute approximate surface area is 221 Å². The van der Waals surface area contributed by atoms with E-state index in [9.17, 15) is 22.8 Å². The molecule has 3 aromatic carbocycles. The van der Waals surface area contributed by atoms with Gasteiger partial charge in [0.05, 0.1) is 28.7 Å². The highest BCUT2D eigenvalue weighted by Gasteiger charge is 2.35. The molecule has 0 saturated carbocycles. The summed E-state index contributed by atoms with van der Waals surface area (Å²) in [5, 5.41) is 9.37. The summed E-state index contributed by atoms with van der Waals surface area (Å²) in [6.07, 6.45) is -4.66. The van der Waals surface area contributed by atoms with Gasteiger partial charge in [0.15, 0.2) is 5.69 Å². The fraction of sp³-hybridized carbons (Fsp3) is 0.148. The van der Waals surface area contributed by atoms with Gasteiger partial charge in [-0.1, -0.05) is 35.9 Å². The number of hydrogen-bond acceptors (Lipinski definition) is 4. The number of carbonyl (C=O) groups is 2. The quantitative estimate of drug-likeness (QED) is 0.268. The van der Waals surface area contributed by atoms with Crippen LogP contribution in [0.15, 0.2) is 72.8 Å². The third-order valence-electron chi connectivity index (χ3n) is 5.37. The maximum Gasteiger partial charge on any atom is 0.435 e. The Morgan fingerprint density at radius 2 is 1.71 bits per heavy atom. The molecule has 0 bridgehead atoms. The van der Waals surface area contributed by atoms with Crippen molar-refractivity contribution < 1.29 is 27.5 Å². The topological polar surface area (TPSA) is 85.2 Å². The molecule has 0 atom stereocenters. The number of halogens is 4. The number of hydrogen-bond donors (Lipinski definition) is 2. The molecule has 196 valence electrons. The van der Waals surface area contributed by atoms with E-state index in [4.69, 9.17) is 16.3 Å². The molecule has 0 saturated heterocycles. The molecule has 2 N–H and O–H groups in total. The Morgan fingerprint density at radius 3 is 2.34 bits per heavy atom. The minimum absolute atomic E-state index is 0.152. The van der Waals surface area contributed by atoms with Crippen LogP contribution in [0, 0.1) is 0 Å².